The van der Waals surface area contributed by atoms with Gasteiger partial charge in [-0.1, -0.05) is 45.4 Å². The number of methoxy groups -OCH3 is 1. The second kappa shape index (κ2) is 14.4. The van der Waals surface area contributed by atoms with E-state index in [9.17, 15) is 20.1 Å². The molecule has 0 amide bonds. The van der Waals surface area contributed by atoms with Crippen molar-refractivity contribution in [1.82, 2.24) is 0 Å². The zero-order valence-corrected chi connectivity index (χ0v) is 15.2. The van der Waals surface area contributed by atoms with Gasteiger partial charge < -0.3 is 35.0 Å². The Morgan fingerprint density at radius 2 is 1.52 bits per heavy atom. The molecule has 1 aliphatic heterocycles. The first-order valence-electron chi connectivity index (χ1n) is 8.94. The first kappa shape index (κ1) is 24.2. The van der Waals surface area contributed by atoms with Gasteiger partial charge in [-0.15, -0.1) is 0 Å². The van der Waals surface area contributed by atoms with Crippen molar-refractivity contribution in [3.8, 4) is 0 Å². The van der Waals surface area contributed by atoms with Crippen molar-refractivity contribution in [3.05, 3.63) is 0 Å². The smallest absolute Gasteiger partial charge is 0.303 e. The summed E-state index contributed by atoms with van der Waals surface area (Å²) in [6, 6.07) is 0. The highest BCUT2D eigenvalue weighted by Gasteiger charge is 2.43. The fraction of sp³-hybridized carbons (Fsp3) is 0.941. The Bertz CT molecular complexity index is 319. The number of aliphatic hydroxyl groups is 4. The van der Waals surface area contributed by atoms with E-state index in [0.29, 0.717) is 6.42 Å². The van der Waals surface area contributed by atoms with Crippen LogP contribution in [0.3, 0.4) is 0 Å². The van der Waals surface area contributed by atoms with Crippen LogP contribution in [0.4, 0.5) is 0 Å². The zero-order chi connectivity index (χ0) is 19.2. The third-order valence-electron chi connectivity index (χ3n) is 4.07. The predicted molar refractivity (Wildman–Crippen MR) is 91.0 cm³/mol. The van der Waals surface area contributed by atoms with Crippen LogP contribution in [0, 0.1) is 0 Å². The molecule has 25 heavy (non-hydrogen) atoms. The number of aliphatic hydroxyl groups excluding tert-OH is 4. The third-order valence-corrected chi connectivity index (χ3v) is 4.07. The SMILES string of the molecule is CCCCCCCCCC(=O)O.COC1O[C@H](CO)[C@@H](O)[C@H](O)[C@H]1O. The molecule has 8 heteroatoms. The van der Waals surface area contributed by atoms with Crippen LogP contribution in [0.2, 0.25) is 0 Å². The summed E-state index contributed by atoms with van der Waals surface area (Å²) in [7, 11) is 1.30. The van der Waals surface area contributed by atoms with Gasteiger partial charge in [0.2, 0.25) is 0 Å². The number of carbonyl (C=O) groups is 1. The van der Waals surface area contributed by atoms with Crippen LogP contribution in [0.25, 0.3) is 0 Å². The Balaban J connectivity index is 0.000000463. The van der Waals surface area contributed by atoms with E-state index in [4.69, 9.17) is 19.7 Å². The lowest BCUT2D eigenvalue weighted by molar-refractivity contribution is -0.294. The maximum atomic E-state index is 10.1. The molecular weight excluding hydrogens is 332 g/mol. The molecule has 0 saturated carbocycles. The van der Waals surface area contributed by atoms with Gasteiger partial charge >= 0.3 is 5.97 Å². The second-order valence-electron chi connectivity index (χ2n) is 6.20. The quantitative estimate of drug-likeness (QED) is 0.355. The van der Waals surface area contributed by atoms with E-state index in [1.165, 1.54) is 39.2 Å². The molecule has 0 aromatic carbocycles. The van der Waals surface area contributed by atoms with Crippen LogP contribution < -0.4 is 0 Å². The molecule has 150 valence electrons. The lowest BCUT2D eigenvalue weighted by atomic mass is 9.99. The minimum Gasteiger partial charge on any atom is -0.481 e. The highest BCUT2D eigenvalue weighted by atomic mass is 16.7. The summed E-state index contributed by atoms with van der Waals surface area (Å²) in [5, 5.41) is 44.9. The summed E-state index contributed by atoms with van der Waals surface area (Å²) in [5.41, 5.74) is 0. The maximum absolute atomic E-state index is 10.1. The van der Waals surface area contributed by atoms with E-state index >= 15 is 0 Å². The van der Waals surface area contributed by atoms with Crippen molar-refractivity contribution in [2.24, 2.45) is 0 Å². The number of ether oxygens (including phenoxy) is 2. The van der Waals surface area contributed by atoms with Crippen molar-refractivity contribution < 1.29 is 39.8 Å². The van der Waals surface area contributed by atoms with E-state index in [-0.39, 0.29) is 0 Å². The van der Waals surface area contributed by atoms with E-state index in [1.54, 1.807) is 0 Å². The zero-order valence-electron chi connectivity index (χ0n) is 15.2. The molecule has 1 saturated heterocycles. The fourth-order valence-corrected chi connectivity index (χ4v) is 2.50. The molecule has 1 heterocycles. The van der Waals surface area contributed by atoms with Gasteiger partial charge in [0.05, 0.1) is 6.61 Å². The lowest BCUT2D eigenvalue weighted by Crippen LogP contribution is -2.58. The topological polar surface area (TPSA) is 137 Å². The summed E-state index contributed by atoms with van der Waals surface area (Å²) in [5.74, 6) is -0.663. The minimum absolute atomic E-state index is 0.341. The largest absolute Gasteiger partial charge is 0.481 e. The lowest BCUT2D eigenvalue weighted by Gasteiger charge is -2.38. The van der Waals surface area contributed by atoms with Crippen LogP contribution >= 0.6 is 0 Å². The Morgan fingerprint density at radius 1 is 0.960 bits per heavy atom. The highest BCUT2D eigenvalue weighted by molar-refractivity contribution is 5.66. The number of carboxylic acid groups (broad SMARTS) is 1. The van der Waals surface area contributed by atoms with E-state index in [0.717, 1.165) is 12.8 Å². The summed E-state index contributed by atoms with van der Waals surface area (Å²) in [6.07, 6.45) is 2.73. The van der Waals surface area contributed by atoms with Crippen molar-refractivity contribution in [1.29, 1.82) is 0 Å². The molecular formula is C17H34O8. The minimum atomic E-state index is -1.36. The Labute approximate surface area is 149 Å². The third kappa shape index (κ3) is 10.1. The van der Waals surface area contributed by atoms with Gasteiger partial charge in [-0.05, 0) is 6.42 Å². The van der Waals surface area contributed by atoms with Crippen molar-refractivity contribution in [3.63, 3.8) is 0 Å². The molecule has 1 rings (SSSR count). The first-order valence-corrected chi connectivity index (χ1v) is 8.94. The number of unbranched alkanes of at least 4 members (excludes halogenated alkanes) is 6. The predicted octanol–water partition coefficient (Wildman–Crippen LogP) is 0.644. The van der Waals surface area contributed by atoms with Gasteiger partial charge in [-0.3, -0.25) is 4.79 Å². The number of aliphatic carboxylic acids is 1. The van der Waals surface area contributed by atoms with Crippen LogP contribution in [0.1, 0.15) is 58.3 Å². The normalized spacial score (nSPS) is 29.0. The fourth-order valence-electron chi connectivity index (χ4n) is 2.50. The maximum Gasteiger partial charge on any atom is 0.303 e. The molecule has 1 fully saturated rings. The van der Waals surface area contributed by atoms with Crippen molar-refractivity contribution in [2.75, 3.05) is 13.7 Å². The summed E-state index contributed by atoms with van der Waals surface area (Å²) in [6.45, 7) is 1.76. The van der Waals surface area contributed by atoms with Crippen molar-refractivity contribution in [2.45, 2.75) is 89.0 Å². The van der Waals surface area contributed by atoms with Gasteiger partial charge in [0.25, 0.3) is 0 Å². The van der Waals surface area contributed by atoms with Gasteiger partial charge in [0.1, 0.15) is 24.4 Å². The summed E-state index contributed by atoms with van der Waals surface area (Å²) in [4.78, 5) is 10.1. The van der Waals surface area contributed by atoms with E-state index < -0.39 is 43.3 Å². The monoisotopic (exact) mass is 366 g/mol. The number of rotatable bonds is 10. The van der Waals surface area contributed by atoms with Gasteiger partial charge in [0, 0.05) is 13.5 Å². The summed E-state index contributed by atoms with van der Waals surface area (Å²) < 4.78 is 9.65. The summed E-state index contributed by atoms with van der Waals surface area (Å²) >= 11 is 0. The average Bonchev–Trinajstić information content (AvgIpc) is 2.60. The van der Waals surface area contributed by atoms with E-state index in [1.807, 2.05) is 0 Å². The van der Waals surface area contributed by atoms with Crippen LogP contribution in [-0.4, -0.2) is 75.9 Å². The van der Waals surface area contributed by atoms with Crippen LogP contribution in [0.5, 0.6) is 0 Å². The molecule has 0 aliphatic carbocycles. The number of hydrogen-bond donors (Lipinski definition) is 5. The first-order chi connectivity index (χ1) is 11.9. The Hall–Kier alpha value is -0.770. The number of carboxylic acids is 1. The number of hydrogen-bond acceptors (Lipinski definition) is 7. The van der Waals surface area contributed by atoms with Crippen LogP contribution in [-0.2, 0) is 14.3 Å². The molecule has 0 aromatic heterocycles. The molecule has 0 bridgehead atoms. The molecule has 1 unspecified atom stereocenters. The van der Waals surface area contributed by atoms with Crippen LogP contribution in [0.15, 0.2) is 0 Å². The molecule has 5 N–H and O–H groups in total. The standard InChI is InChI=1S/C10H20O2.C7H14O6/c1-2-3-4-5-6-7-8-9-10(11)12;1-12-7-6(11)5(10)4(9)3(2-8)13-7/h2-9H2,1H3,(H,11,12);3-11H,2H2,1H3/t;3-,4-,5+,6-,7?/m.1/s1. The molecule has 0 radical (unpaired) electrons. The molecule has 8 nitrogen and oxygen atoms in total. The van der Waals surface area contributed by atoms with Gasteiger partial charge in [0.15, 0.2) is 6.29 Å². The van der Waals surface area contributed by atoms with Crippen molar-refractivity contribution >= 4 is 5.97 Å². The highest BCUT2D eigenvalue weighted by Crippen LogP contribution is 2.21. The second-order valence-corrected chi connectivity index (χ2v) is 6.20. The van der Waals surface area contributed by atoms with Gasteiger partial charge in [-0.2, -0.15) is 0 Å². The Morgan fingerprint density at radius 3 is 2.00 bits per heavy atom. The molecule has 1 aliphatic rings. The van der Waals surface area contributed by atoms with E-state index in [2.05, 4.69) is 6.92 Å². The molecule has 0 aromatic rings. The Kier molecular flexibility index (Phi) is 14.0. The average molecular weight is 366 g/mol. The molecule has 5 atom stereocenters. The van der Waals surface area contributed by atoms with Gasteiger partial charge in [-0.25, -0.2) is 0 Å². The molecule has 0 spiro atoms.